The number of amides is 2. The van der Waals surface area contributed by atoms with Crippen LogP contribution in [0.3, 0.4) is 0 Å². The lowest BCUT2D eigenvalue weighted by atomic mass is 9.64. The summed E-state index contributed by atoms with van der Waals surface area (Å²) >= 11 is 0. The molecule has 2 heterocycles. The maximum atomic E-state index is 14.3. The van der Waals surface area contributed by atoms with Crippen LogP contribution in [0.2, 0.25) is 0 Å². The highest BCUT2D eigenvalue weighted by Gasteiger charge is 2.41. The van der Waals surface area contributed by atoms with Crippen LogP contribution in [-0.2, 0) is 0 Å². The molecule has 1 saturated heterocycles. The van der Waals surface area contributed by atoms with Crippen molar-refractivity contribution in [2.45, 2.75) is 91.1 Å². The smallest absolute Gasteiger partial charge is 0.347 e. The Hall–Kier alpha value is -3.68. The van der Waals surface area contributed by atoms with E-state index >= 15 is 0 Å². The maximum Gasteiger partial charge on any atom is 0.347 e. The van der Waals surface area contributed by atoms with E-state index in [9.17, 15) is 9.59 Å². The Balaban J connectivity index is 1.38. The van der Waals surface area contributed by atoms with E-state index in [1.165, 1.54) is 11.1 Å². The average Bonchev–Trinajstić information content (AvgIpc) is 3.45. The second-order valence-corrected chi connectivity index (χ2v) is 13.7. The number of piperidine rings is 1. The molecule has 3 fully saturated rings. The van der Waals surface area contributed by atoms with E-state index in [0.29, 0.717) is 47.1 Å². The van der Waals surface area contributed by atoms with Crippen LogP contribution in [0.15, 0.2) is 54.6 Å². The normalized spacial score (nSPS) is 26.8. The number of carbonyl (C=O) groups is 2. The zero-order valence-electron chi connectivity index (χ0n) is 26.0. The molecule has 8 heteroatoms. The van der Waals surface area contributed by atoms with Gasteiger partial charge < -0.3 is 15.0 Å². The number of benzene rings is 2. The highest BCUT2D eigenvalue weighted by atomic mass is 16.5. The summed E-state index contributed by atoms with van der Waals surface area (Å²) in [4.78, 5) is 30.5. The van der Waals surface area contributed by atoms with E-state index in [1.807, 2.05) is 59.5 Å². The van der Waals surface area contributed by atoms with Gasteiger partial charge in [-0.25, -0.2) is 4.79 Å². The van der Waals surface area contributed by atoms with Crippen molar-refractivity contribution in [3.63, 3.8) is 0 Å². The third kappa shape index (κ3) is 5.93. The molecule has 6 rings (SSSR count). The summed E-state index contributed by atoms with van der Waals surface area (Å²) in [6.45, 7) is 9.77. The molecule has 8 nitrogen and oxygen atoms in total. The van der Waals surface area contributed by atoms with Crippen molar-refractivity contribution in [2.24, 2.45) is 23.2 Å². The van der Waals surface area contributed by atoms with Gasteiger partial charge in [-0.05, 0) is 86.0 Å². The number of fused-ring (bicyclic) bond motifs is 1. The first-order chi connectivity index (χ1) is 20.7. The van der Waals surface area contributed by atoms with E-state index in [1.54, 1.807) is 0 Å². The van der Waals surface area contributed by atoms with Crippen LogP contribution in [0.25, 0.3) is 11.3 Å². The minimum Gasteiger partial charge on any atom is -0.457 e. The van der Waals surface area contributed by atoms with Crippen molar-refractivity contribution < 1.29 is 14.3 Å². The van der Waals surface area contributed by atoms with Crippen molar-refractivity contribution in [1.29, 1.82) is 0 Å². The molecule has 3 aromatic rings. The molecule has 228 valence electrons. The Morgan fingerprint density at radius 3 is 2.49 bits per heavy atom. The van der Waals surface area contributed by atoms with Crippen molar-refractivity contribution in [3.8, 4) is 22.8 Å². The van der Waals surface area contributed by atoms with Crippen molar-refractivity contribution in [3.05, 3.63) is 60.3 Å². The third-order valence-corrected chi connectivity index (χ3v) is 10.5. The third-order valence-electron chi connectivity index (χ3n) is 10.5. The highest BCUT2D eigenvalue weighted by molar-refractivity contribution is 6.02. The number of nitrogens with zero attached hydrogens (tertiary/aromatic N) is 4. The van der Waals surface area contributed by atoms with Crippen LogP contribution in [0.5, 0.6) is 11.5 Å². The van der Waals surface area contributed by atoms with Gasteiger partial charge in [-0.1, -0.05) is 76.1 Å². The molecule has 1 aliphatic heterocycles. The van der Waals surface area contributed by atoms with Crippen molar-refractivity contribution in [1.82, 2.24) is 25.2 Å². The number of hydrogen-bond acceptors (Lipinski definition) is 5. The molecule has 2 saturated carbocycles. The quantitative estimate of drug-likeness (QED) is 0.335. The highest BCUT2D eigenvalue weighted by Crippen LogP contribution is 2.43. The lowest BCUT2D eigenvalue weighted by Crippen LogP contribution is -2.52. The fraction of sp³-hybridized carbons (Fsp3) is 0.543. The monoisotopic (exact) mass is 583 g/mol. The molecule has 5 atom stereocenters. The molecule has 2 aliphatic carbocycles. The Labute approximate surface area is 255 Å². The van der Waals surface area contributed by atoms with Crippen LogP contribution < -0.4 is 10.1 Å². The van der Waals surface area contributed by atoms with Crippen LogP contribution >= 0.6 is 0 Å². The van der Waals surface area contributed by atoms with Gasteiger partial charge in [-0.15, -0.1) is 5.10 Å². The Morgan fingerprint density at radius 2 is 1.67 bits per heavy atom. The van der Waals surface area contributed by atoms with Crippen LogP contribution in [0.1, 0.15) is 89.5 Å². The molecule has 43 heavy (non-hydrogen) atoms. The fourth-order valence-electron chi connectivity index (χ4n) is 7.70. The molecule has 2 amide bonds. The first kappa shape index (κ1) is 29.4. The molecule has 0 radical (unpaired) electrons. The van der Waals surface area contributed by atoms with Crippen molar-refractivity contribution in [2.75, 3.05) is 6.54 Å². The predicted octanol–water partition coefficient (Wildman–Crippen LogP) is 7.55. The summed E-state index contributed by atoms with van der Waals surface area (Å²) in [6.07, 6.45) is 8.53. The Kier molecular flexibility index (Phi) is 8.29. The molecule has 1 N–H and O–H groups in total. The molecule has 2 aromatic carbocycles. The van der Waals surface area contributed by atoms with E-state index in [0.717, 1.165) is 44.9 Å². The summed E-state index contributed by atoms with van der Waals surface area (Å²) in [5.41, 5.74) is 1.36. The van der Waals surface area contributed by atoms with Gasteiger partial charge in [0.2, 0.25) is 0 Å². The van der Waals surface area contributed by atoms with Gasteiger partial charge >= 0.3 is 6.03 Å². The second kappa shape index (κ2) is 12.1. The van der Waals surface area contributed by atoms with E-state index in [4.69, 9.17) is 4.74 Å². The predicted molar refractivity (Wildman–Crippen MR) is 167 cm³/mol. The zero-order chi connectivity index (χ0) is 30.1. The number of carbonyl (C=O) groups excluding carboxylic acids is 2. The summed E-state index contributed by atoms with van der Waals surface area (Å²) < 4.78 is 7.52. The van der Waals surface area contributed by atoms with Gasteiger partial charge in [-0.3, -0.25) is 4.79 Å². The minimum absolute atomic E-state index is 0.00430. The standard InChI is InChI=1S/C35H45N5O3/c1-23-22-35(3,4)24(2)21-28(23)36-33(41)32-31(27-17-9-11-19-30(27)43-26-15-6-5-7-16-26)37-38-40(32)34(42)39-20-12-14-25-13-8-10-18-29(25)39/h5-7,9,11,15-17,19,23-25,28-29H,8,10,12-14,18,20-22H2,1-4H3,(H,36,41)/t23-,24-,25?,28-,29?/m1/s1. The van der Waals surface area contributed by atoms with Gasteiger partial charge in [0.15, 0.2) is 5.69 Å². The number of aromatic nitrogens is 3. The van der Waals surface area contributed by atoms with E-state index in [-0.39, 0.29) is 35.1 Å². The first-order valence-corrected chi connectivity index (χ1v) is 16.1. The Morgan fingerprint density at radius 1 is 0.953 bits per heavy atom. The topological polar surface area (TPSA) is 89.3 Å². The van der Waals surface area contributed by atoms with Gasteiger partial charge in [0.05, 0.1) is 0 Å². The number of likely N-dealkylation sites (tertiary alicyclic amines) is 1. The van der Waals surface area contributed by atoms with Gasteiger partial charge in [0, 0.05) is 24.2 Å². The SMILES string of the molecule is C[C@@H]1CC(C)(C)[C@H](C)C[C@H]1NC(=O)c1c(-c2ccccc2Oc2ccccc2)nnn1C(=O)N1CCCC2CCCCC21. The van der Waals surface area contributed by atoms with Crippen LogP contribution in [0, 0.1) is 23.2 Å². The summed E-state index contributed by atoms with van der Waals surface area (Å²) in [5, 5.41) is 12.2. The molecule has 2 unspecified atom stereocenters. The first-order valence-electron chi connectivity index (χ1n) is 16.1. The average molecular weight is 584 g/mol. The minimum atomic E-state index is -0.316. The zero-order valence-corrected chi connectivity index (χ0v) is 26.0. The largest absolute Gasteiger partial charge is 0.457 e. The molecule has 3 aliphatic rings. The summed E-state index contributed by atoms with van der Waals surface area (Å²) in [6, 6.07) is 17.0. The number of para-hydroxylation sites is 2. The van der Waals surface area contributed by atoms with Crippen LogP contribution in [0.4, 0.5) is 4.79 Å². The molecule has 0 spiro atoms. The lowest BCUT2D eigenvalue weighted by Gasteiger charge is -2.44. The molecule has 1 aromatic heterocycles. The fourth-order valence-corrected chi connectivity index (χ4v) is 7.70. The Bertz CT molecular complexity index is 1450. The number of ether oxygens (including phenoxy) is 1. The molecule has 0 bridgehead atoms. The molecular formula is C35H45N5O3. The second-order valence-electron chi connectivity index (χ2n) is 13.7. The summed E-state index contributed by atoms with van der Waals surface area (Å²) in [5.74, 6) is 2.18. The number of rotatable bonds is 5. The lowest BCUT2D eigenvalue weighted by molar-refractivity contribution is 0.0679. The molecular weight excluding hydrogens is 538 g/mol. The van der Waals surface area contributed by atoms with E-state index < -0.39 is 0 Å². The van der Waals surface area contributed by atoms with Gasteiger partial charge in [0.25, 0.3) is 5.91 Å². The van der Waals surface area contributed by atoms with Crippen molar-refractivity contribution >= 4 is 11.9 Å². The van der Waals surface area contributed by atoms with Gasteiger partial charge in [0.1, 0.15) is 17.2 Å². The van der Waals surface area contributed by atoms with E-state index in [2.05, 4.69) is 43.3 Å². The summed E-state index contributed by atoms with van der Waals surface area (Å²) in [7, 11) is 0. The number of hydrogen-bond donors (Lipinski definition) is 1. The van der Waals surface area contributed by atoms with Crippen LogP contribution in [-0.4, -0.2) is 50.5 Å². The van der Waals surface area contributed by atoms with Gasteiger partial charge in [-0.2, -0.15) is 4.68 Å². The number of nitrogens with one attached hydrogen (secondary N) is 1. The maximum absolute atomic E-state index is 14.3.